The van der Waals surface area contributed by atoms with E-state index in [4.69, 9.17) is 5.73 Å². The minimum absolute atomic E-state index is 0.0560. The van der Waals surface area contributed by atoms with Gasteiger partial charge in [0.15, 0.2) is 0 Å². The number of likely N-dealkylation sites (N-methyl/N-ethyl adjacent to an activating group) is 1. The van der Waals surface area contributed by atoms with E-state index in [1.807, 2.05) is 27.1 Å². The maximum absolute atomic E-state index is 12.6. The van der Waals surface area contributed by atoms with Gasteiger partial charge in [-0.25, -0.2) is 13.1 Å². The zero-order valence-corrected chi connectivity index (χ0v) is 14.0. The number of nitrogens with one attached hydrogen (secondary N) is 1. The summed E-state index contributed by atoms with van der Waals surface area (Å²) in [5, 5.41) is 0. The van der Waals surface area contributed by atoms with Crippen molar-refractivity contribution in [1.29, 1.82) is 0 Å². The molecule has 0 radical (unpaired) electrons. The number of benzene rings is 1. The quantitative estimate of drug-likeness (QED) is 0.811. The van der Waals surface area contributed by atoms with E-state index in [9.17, 15) is 8.42 Å². The van der Waals surface area contributed by atoms with Crippen molar-refractivity contribution in [3.63, 3.8) is 0 Å². The number of rotatable bonds is 5. The van der Waals surface area contributed by atoms with Gasteiger partial charge in [0.2, 0.25) is 10.0 Å². The Morgan fingerprint density at radius 1 is 1.29 bits per heavy atom. The molecule has 1 aromatic carbocycles. The number of nitrogens with zero attached hydrogens (tertiary/aromatic N) is 1. The van der Waals surface area contributed by atoms with E-state index in [1.54, 1.807) is 13.0 Å². The topological polar surface area (TPSA) is 75.4 Å². The SMILES string of the molecule is Cc1ccc(N)c(S(=O)(=O)NCC2(N(C)C)CCC2)c1C. The van der Waals surface area contributed by atoms with E-state index in [1.165, 1.54) is 0 Å². The lowest BCUT2D eigenvalue weighted by Gasteiger charge is -2.47. The van der Waals surface area contributed by atoms with Crippen molar-refractivity contribution in [3.8, 4) is 0 Å². The minimum atomic E-state index is -3.59. The van der Waals surface area contributed by atoms with E-state index in [0.29, 0.717) is 12.2 Å². The third-order valence-corrected chi connectivity index (χ3v) is 6.40. The van der Waals surface area contributed by atoms with Crippen LogP contribution in [0.5, 0.6) is 0 Å². The van der Waals surface area contributed by atoms with Gasteiger partial charge in [0, 0.05) is 12.1 Å². The van der Waals surface area contributed by atoms with Crippen LogP contribution >= 0.6 is 0 Å². The molecule has 0 aliphatic heterocycles. The smallest absolute Gasteiger partial charge is 0.242 e. The second-order valence-corrected chi connectivity index (χ2v) is 7.93. The standard InChI is InChI=1S/C15H25N3O2S/c1-11-6-7-13(16)14(12(11)2)21(19,20)17-10-15(18(3)4)8-5-9-15/h6-7,17H,5,8-10,16H2,1-4H3. The van der Waals surface area contributed by atoms with Crippen LogP contribution in [-0.2, 0) is 10.0 Å². The van der Waals surface area contributed by atoms with Crippen molar-refractivity contribution in [2.24, 2.45) is 0 Å². The molecule has 118 valence electrons. The van der Waals surface area contributed by atoms with Crippen LogP contribution in [-0.4, -0.2) is 39.5 Å². The van der Waals surface area contributed by atoms with Crippen LogP contribution in [0.15, 0.2) is 17.0 Å². The number of aryl methyl sites for hydroxylation is 1. The molecule has 0 spiro atoms. The second-order valence-electron chi connectivity index (χ2n) is 6.22. The van der Waals surface area contributed by atoms with Crippen molar-refractivity contribution in [2.45, 2.75) is 43.5 Å². The van der Waals surface area contributed by atoms with Gasteiger partial charge < -0.3 is 10.6 Å². The molecule has 3 N–H and O–H groups in total. The molecule has 5 nitrogen and oxygen atoms in total. The van der Waals surface area contributed by atoms with Crippen LogP contribution < -0.4 is 10.5 Å². The highest BCUT2D eigenvalue weighted by molar-refractivity contribution is 7.89. The molecule has 1 aromatic rings. The van der Waals surface area contributed by atoms with Gasteiger partial charge >= 0.3 is 0 Å². The Labute approximate surface area is 127 Å². The Morgan fingerprint density at radius 2 is 1.90 bits per heavy atom. The third kappa shape index (κ3) is 2.93. The highest BCUT2D eigenvalue weighted by Crippen LogP contribution is 2.36. The Bertz CT molecular complexity index is 635. The molecular formula is C15H25N3O2S. The first kappa shape index (κ1) is 16.3. The fourth-order valence-electron chi connectivity index (χ4n) is 2.84. The summed E-state index contributed by atoms with van der Waals surface area (Å²) >= 11 is 0. The fraction of sp³-hybridized carbons (Fsp3) is 0.600. The van der Waals surface area contributed by atoms with Gasteiger partial charge in [-0.2, -0.15) is 0 Å². The van der Waals surface area contributed by atoms with Crippen LogP contribution in [0.25, 0.3) is 0 Å². The molecule has 0 heterocycles. The molecule has 0 atom stereocenters. The normalized spacial score (nSPS) is 17.8. The molecule has 1 aliphatic carbocycles. The molecule has 0 unspecified atom stereocenters. The summed E-state index contributed by atoms with van der Waals surface area (Å²) in [4.78, 5) is 2.33. The summed E-state index contributed by atoms with van der Waals surface area (Å²) < 4.78 is 28.0. The number of nitrogen functional groups attached to an aromatic ring is 1. The zero-order chi connectivity index (χ0) is 15.8. The molecule has 1 saturated carbocycles. The second kappa shape index (κ2) is 5.59. The lowest BCUT2D eigenvalue weighted by molar-refractivity contribution is 0.0657. The Hall–Kier alpha value is -1.11. The maximum Gasteiger partial charge on any atom is 0.242 e. The molecule has 0 amide bonds. The monoisotopic (exact) mass is 311 g/mol. The first-order valence-electron chi connectivity index (χ1n) is 7.22. The molecule has 1 aliphatic rings. The predicted octanol–water partition coefficient (Wildman–Crippen LogP) is 1.65. The van der Waals surface area contributed by atoms with Crippen molar-refractivity contribution in [1.82, 2.24) is 9.62 Å². The summed E-state index contributed by atoms with van der Waals surface area (Å²) in [6.07, 6.45) is 3.18. The number of nitrogens with two attached hydrogens (primary N) is 1. The van der Waals surface area contributed by atoms with Crippen molar-refractivity contribution >= 4 is 15.7 Å². The van der Waals surface area contributed by atoms with Crippen LogP contribution in [0.2, 0.25) is 0 Å². The Kier molecular flexibility index (Phi) is 4.33. The average Bonchev–Trinajstić information content (AvgIpc) is 2.32. The molecule has 1 fully saturated rings. The molecule has 21 heavy (non-hydrogen) atoms. The van der Waals surface area contributed by atoms with Crippen molar-refractivity contribution in [2.75, 3.05) is 26.4 Å². The predicted molar refractivity (Wildman–Crippen MR) is 85.8 cm³/mol. The largest absolute Gasteiger partial charge is 0.398 e. The minimum Gasteiger partial charge on any atom is -0.398 e. The van der Waals surface area contributed by atoms with Gasteiger partial charge in [-0.15, -0.1) is 0 Å². The van der Waals surface area contributed by atoms with E-state index < -0.39 is 10.0 Å². The van der Waals surface area contributed by atoms with Crippen molar-refractivity contribution < 1.29 is 8.42 Å². The van der Waals surface area contributed by atoms with Crippen LogP contribution in [0.4, 0.5) is 5.69 Å². The molecule has 0 bridgehead atoms. The summed E-state index contributed by atoms with van der Waals surface area (Å²) in [5.41, 5.74) is 7.78. The van der Waals surface area contributed by atoms with Gasteiger partial charge in [0.25, 0.3) is 0 Å². The van der Waals surface area contributed by atoms with Crippen LogP contribution in [0.1, 0.15) is 30.4 Å². The van der Waals surface area contributed by atoms with Crippen LogP contribution in [0, 0.1) is 13.8 Å². The maximum atomic E-state index is 12.6. The number of anilines is 1. The van der Waals surface area contributed by atoms with E-state index in [0.717, 1.165) is 30.4 Å². The summed E-state index contributed by atoms with van der Waals surface area (Å²) in [5.74, 6) is 0. The fourth-order valence-corrected chi connectivity index (χ4v) is 4.38. The summed E-state index contributed by atoms with van der Waals surface area (Å²) in [7, 11) is 0.411. The van der Waals surface area contributed by atoms with E-state index in [-0.39, 0.29) is 10.4 Å². The lowest BCUT2D eigenvalue weighted by Crippen LogP contribution is -2.57. The summed E-state index contributed by atoms with van der Waals surface area (Å²) in [6.45, 7) is 4.11. The van der Waals surface area contributed by atoms with Crippen LogP contribution in [0.3, 0.4) is 0 Å². The molecule has 0 aromatic heterocycles. The Morgan fingerprint density at radius 3 is 2.38 bits per heavy atom. The molecule has 6 heteroatoms. The van der Waals surface area contributed by atoms with Crippen molar-refractivity contribution in [3.05, 3.63) is 23.3 Å². The Balaban J connectivity index is 2.26. The lowest BCUT2D eigenvalue weighted by atomic mass is 9.76. The highest BCUT2D eigenvalue weighted by atomic mass is 32.2. The van der Waals surface area contributed by atoms with Gasteiger partial charge in [0.05, 0.1) is 5.69 Å². The molecule has 2 rings (SSSR count). The van der Waals surface area contributed by atoms with Gasteiger partial charge in [-0.05, 0) is 64.4 Å². The number of hydrogen-bond acceptors (Lipinski definition) is 4. The number of hydrogen-bond donors (Lipinski definition) is 2. The van der Waals surface area contributed by atoms with Gasteiger partial charge in [0.1, 0.15) is 4.90 Å². The van der Waals surface area contributed by atoms with E-state index in [2.05, 4.69) is 9.62 Å². The molecule has 0 saturated heterocycles. The third-order valence-electron chi connectivity index (χ3n) is 4.80. The average molecular weight is 311 g/mol. The first-order chi connectivity index (χ1) is 9.69. The zero-order valence-electron chi connectivity index (χ0n) is 13.2. The highest BCUT2D eigenvalue weighted by Gasteiger charge is 2.40. The summed E-state index contributed by atoms with van der Waals surface area (Å²) in [6, 6.07) is 3.50. The first-order valence-corrected chi connectivity index (χ1v) is 8.71. The van der Waals surface area contributed by atoms with Gasteiger partial charge in [-0.1, -0.05) is 6.07 Å². The molecular weight excluding hydrogens is 286 g/mol. The van der Waals surface area contributed by atoms with Gasteiger partial charge in [-0.3, -0.25) is 0 Å². The number of sulfonamides is 1. The van der Waals surface area contributed by atoms with E-state index >= 15 is 0 Å².